The van der Waals surface area contributed by atoms with Gasteiger partial charge in [0.1, 0.15) is 6.61 Å². The van der Waals surface area contributed by atoms with E-state index in [1.54, 1.807) is 19.2 Å². The first-order valence-corrected chi connectivity index (χ1v) is 6.10. The Labute approximate surface area is 113 Å². The first-order valence-electron chi connectivity index (χ1n) is 6.10. The predicted molar refractivity (Wildman–Crippen MR) is 73.9 cm³/mol. The van der Waals surface area contributed by atoms with E-state index in [9.17, 15) is 4.79 Å². The molecule has 1 rings (SSSR count). The van der Waals surface area contributed by atoms with Crippen molar-refractivity contribution in [3.05, 3.63) is 34.9 Å². The number of aliphatic hydroxyl groups is 1. The van der Waals surface area contributed by atoms with Crippen LogP contribution in [-0.2, 0) is 4.74 Å². The number of hydrogen-bond acceptors (Lipinski definition) is 3. The van der Waals surface area contributed by atoms with Crippen LogP contribution in [0, 0.1) is 18.8 Å². The lowest BCUT2D eigenvalue weighted by Crippen LogP contribution is -2.31. The van der Waals surface area contributed by atoms with E-state index < -0.39 is 0 Å². The number of aryl methyl sites for hydroxylation is 1. The highest BCUT2D eigenvalue weighted by molar-refractivity contribution is 5.94. The molecule has 0 spiro atoms. The number of nitrogens with one attached hydrogen (secondary N) is 1. The fraction of sp³-hybridized carbons (Fsp3) is 0.400. The number of benzene rings is 1. The maximum Gasteiger partial charge on any atom is 0.251 e. The summed E-state index contributed by atoms with van der Waals surface area (Å²) in [6.07, 6.45) is -0.0250. The molecule has 4 nitrogen and oxygen atoms in total. The summed E-state index contributed by atoms with van der Waals surface area (Å²) in [5.74, 6) is 5.26. The Hall–Kier alpha value is -1.83. The van der Waals surface area contributed by atoms with Crippen molar-refractivity contribution in [2.75, 3.05) is 20.3 Å². The van der Waals surface area contributed by atoms with E-state index in [2.05, 4.69) is 17.2 Å². The number of carbonyl (C=O) groups is 1. The molecule has 1 atom stereocenters. The maximum atomic E-state index is 11.9. The minimum Gasteiger partial charge on any atom is -0.384 e. The topological polar surface area (TPSA) is 58.6 Å². The van der Waals surface area contributed by atoms with Gasteiger partial charge in [-0.1, -0.05) is 17.9 Å². The van der Waals surface area contributed by atoms with E-state index in [1.807, 2.05) is 19.9 Å². The van der Waals surface area contributed by atoms with Gasteiger partial charge in [-0.2, -0.15) is 0 Å². The van der Waals surface area contributed by atoms with Gasteiger partial charge in [-0.25, -0.2) is 0 Å². The van der Waals surface area contributed by atoms with E-state index in [-0.39, 0.29) is 18.6 Å². The molecule has 0 aromatic heterocycles. The van der Waals surface area contributed by atoms with Crippen LogP contribution in [0.25, 0.3) is 0 Å². The summed E-state index contributed by atoms with van der Waals surface area (Å²) < 4.78 is 5.07. The van der Waals surface area contributed by atoms with E-state index in [0.717, 1.165) is 11.1 Å². The van der Waals surface area contributed by atoms with Gasteiger partial charge >= 0.3 is 0 Å². The summed E-state index contributed by atoms with van der Waals surface area (Å²) in [5, 5.41) is 11.5. The van der Waals surface area contributed by atoms with Gasteiger partial charge in [0.25, 0.3) is 5.91 Å². The Morgan fingerprint density at radius 3 is 2.89 bits per heavy atom. The van der Waals surface area contributed by atoms with Gasteiger partial charge in [0.05, 0.1) is 6.10 Å². The fourth-order valence-corrected chi connectivity index (χ4v) is 1.45. The molecule has 0 fully saturated rings. The van der Waals surface area contributed by atoms with Crippen LogP contribution in [0.4, 0.5) is 0 Å². The molecule has 1 aromatic rings. The van der Waals surface area contributed by atoms with Crippen LogP contribution in [0.3, 0.4) is 0 Å². The van der Waals surface area contributed by atoms with Crippen LogP contribution >= 0.6 is 0 Å². The Bertz CT molecular complexity index is 500. The zero-order valence-electron chi connectivity index (χ0n) is 11.5. The molecule has 0 bridgehead atoms. The Morgan fingerprint density at radius 1 is 1.53 bits per heavy atom. The largest absolute Gasteiger partial charge is 0.384 e. The maximum absolute atomic E-state index is 11.9. The molecule has 1 aromatic carbocycles. The van der Waals surface area contributed by atoms with Crippen LogP contribution < -0.4 is 5.32 Å². The molecule has 0 aliphatic carbocycles. The molecule has 2 N–H and O–H groups in total. The Morgan fingerprint density at radius 2 is 2.26 bits per heavy atom. The van der Waals surface area contributed by atoms with Gasteiger partial charge in [0.15, 0.2) is 0 Å². The fourth-order valence-electron chi connectivity index (χ4n) is 1.45. The molecule has 1 unspecified atom stereocenters. The number of amides is 1. The van der Waals surface area contributed by atoms with Crippen molar-refractivity contribution in [3.8, 4) is 11.8 Å². The number of hydrogen-bond donors (Lipinski definition) is 2. The molecular formula is C15H19NO3. The number of rotatable bonds is 4. The third-order valence-corrected chi connectivity index (χ3v) is 2.75. The summed E-state index contributed by atoms with van der Waals surface area (Å²) in [6, 6.07) is 5.33. The molecule has 1 amide bonds. The average molecular weight is 261 g/mol. The number of methoxy groups -OCH3 is 1. The zero-order valence-corrected chi connectivity index (χ0v) is 11.5. The average Bonchev–Trinajstić information content (AvgIpc) is 2.43. The van der Waals surface area contributed by atoms with Crippen molar-refractivity contribution in [1.29, 1.82) is 0 Å². The van der Waals surface area contributed by atoms with Crippen LogP contribution in [0.1, 0.15) is 28.4 Å². The standard InChI is InChI=1S/C15H19NO3/c1-11-6-7-14(9-13(11)5-4-8-17)15(18)16-10-12(2)19-3/h6-7,9,12,17H,8,10H2,1-3H3,(H,16,18). The molecule has 0 saturated carbocycles. The molecule has 102 valence electrons. The van der Waals surface area contributed by atoms with Crippen LogP contribution in [0.2, 0.25) is 0 Å². The number of carbonyl (C=O) groups excluding carboxylic acids is 1. The van der Waals surface area contributed by atoms with Gasteiger partial charge in [-0.15, -0.1) is 0 Å². The molecule has 19 heavy (non-hydrogen) atoms. The summed E-state index contributed by atoms with van der Waals surface area (Å²) in [6.45, 7) is 4.06. The van der Waals surface area contributed by atoms with Crippen molar-refractivity contribution in [3.63, 3.8) is 0 Å². The lowest BCUT2D eigenvalue weighted by molar-refractivity contribution is 0.0870. The summed E-state index contributed by atoms with van der Waals surface area (Å²) in [7, 11) is 1.60. The SMILES string of the molecule is COC(C)CNC(=O)c1ccc(C)c(C#CCO)c1. The second-order valence-electron chi connectivity index (χ2n) is 4.25. The molecule has 0 heterocycles. The third kappa shape index (κ3) is 4.74. The summed E-state index contributed by atoms with van der Waals surface area (Å²) in [4.78, 5) is 11.9. The predicted octanol–water partition coefficient (Wildman–Crippen LogP) is 1.10. The van der Waals surface area contributed by atoms with Gasteiger partial charge in [-0.3, -0.25) is 4.79 Å². The number of ether oxygens (including phenoxy) is 1. The molecule has 0 saturated heterocycles. The highest BCUT2D eigenvalue weighted by atomic mass is 16.5. The van der Waals surface area contributed by atoms with Gasteiger partial charge in [0.2, 0.25) is 0 Å². The van der Waals surface area contributed by atoms with E-state index >= 15 is 0 Å². The quantitative estimate of drug-likeness (QED) is 0.798. The summed E-state index contributed by atoms with van der Waals surface area (Å²) in [5.41, 5.74) is 2.28. The van der Waals surface area contributed by atoms with E-state index in [0.29, 0.717) is 12.1 Å². The van der Waals surface area contributed by atoms with Gasteiger partial charge in [-0.05, 0) is 31.5 Å². The number of aliphatic hydroxyl groups excluding tert-OH is 1. The zero-order chi connectivity index (χ0) is 14.3. The van der Waals surface area contributed by atoms with Crippen molar-refractivity contribution >= 4 is 5.91 Å². The lowest BCUT2D eigenvalue weighted by Gasteiger charge is -2.11. The molecule has 4 heteroatoms. The Kier molecular flexibility index (Phi) is 6.07. The minimum atomic E-state index is -0.193. The van der Waals surface area contributed by atoms with Crippen LogP contribution in [-0.4, -0.2) is 37.4 Å². The van der Waals surface area contributed by atoms with Crippen molar-refractivity contribution in [1.82, 2.24) is 5.32 Å². The second-order valence-corrected chi connectivity index (χ2v) is 4.25. The van der Waals surface area contributed by atoms with E-state index in [1.165, 1.54) is 0 Å². The third-order valence-electron chi connectivity index (χ3n) is 2.75. The van der Waals surface area contributed by atoms with Crippen molar-refractivity contribution in [2.24, 2.45) is 0 Å². The highest BCUT2D eigenvalue weighted by Gasteiger charge is 2.08. The molecule has 0 aliphatic heterocycles. The van der Waals surface area contributed by atoms with E-state index in [4.69, 9.17) is 9.84 Å². The van der Waals surface area contributed by atoms with Crippen LogP contribution in [0.15, 0.2) is 18.2 Å². The first kappa shape index (κ1) is 15.2. The first-order chi connectivity index (χ1) is 9.08. The normalized spacial score (nSPS) is 11.4. The Balaban J connectivity index is 2.81. The molecular weight excluding hydrogens is 242 g/mol. The van der Waals surface area contributed by atoms with Gasteiger partial charge in [0, 0.05) is 24.8 Å². The monoisotopic (exact) mass is 261 g/mol. The second kappa shape index (κ2) is 7.57. The van der Waals surface area contributed by atoms with Crippen molar-refractivity contribution < 1.29 is 14.6 Å². The highest BCUT2D eigenvalue weighted by Crippen LogP contribution is 2.10. The molecule has 0 aliphatic rings. The van der Waals surface area contributed by atoms with Crippen molar-refractivity contribution in [2.45, 2.75) is 20.0 Å². The molecule has 0 radical (unpaired) electrons. The minimum absolute atomic E-state index is 0.0250. The lowest BCUT2D eigenvalue weighted by atomic mass is 10.0. The van der Waals surface area contributed by atoms with Gasteiger partial charge < -0.3 is 15.2 Å². The van der Waals surface area contributed by atoms with Crippen LogP contribution in [0.5, 0.6) is 0 Å². The smallest absolute Gasteiger partial charge is 0.251 e. The summed E-state index contributed by atoms with van der Waals surface area (Å²) >= 11 is 0.